The van der Waals surface area contributed by atoms with E-state index in [4.69, 9.17) is 0 Å². The standard InChI is InChI=1S/C20H42S/c1-3-5-7-9-11-13-16-20(18-15-19-21)17-14-12-10-8-6-4-2/h20-21H,3-19H2,1-2H3. The molecule has 0 unspecified atom stereocenters. The van der Waals surface area contributed by atoms with Crippen LogP contribution in [0.15, 0.2) is 0 Å². The smallest absolute Gasteiger partial charge is 0.00978 e. The van der Waals surface area contributed by atoms with E-state index >= 15 is 0 Å². The maximum absolute atomic E-state index is 4.39. The first-order chi connectivity index (χ1) is 10.3. The Balaban J connectivity index is 3.56. The molecule has 0 aliphatic carbocycles. The van der Waals surface area contributed by atoms with Gasteiger partial charge in [-0.15, -0.1) is 0 Å². The lowest BCUT2D eigenvalue weighted by atomic mass is 9.90. The van der Waals surface area contributed by atoms with Gasteiger partial charge in [0.15, 0.2) is 0 Å². The highest BCUT2D eigenvalue weighted by Gasteiger charge is 2.08. The Bertz CT molecular complexity index is 163. The van der Waals surface area contributed by atoms with Crippen molar-refractivity contribution in [2.45, 2.75) is 117 Å². The van der Waals surface area contributed by atoms with E-state index in [0.29, 0.717) is 0 Å². The zero-order valence-corrected chi connectivity index (χ0v) is 15.9. The second-order valence-electron chi connectivity index (χ2n) is 6.84. The molecule has 0 bridgehead atoms. The summed E-state index contributed by atoms with van der Waals surface area (Å²) in [7, 11) is 0. The van der Waals surface area contributed by atoms with Gasteiger partial charge in [-0.05, 0) is 24.5 Å². The van der Waals surface area contributed by atoms with Gasteiger partial charge in [0.1, 0.15) is 0 Å². The average molecular weight is 315 g/mol. The zero-order chi connectivity index (χ0) is 15.6. The SMILES string of the molecule is CCCCCCCCC(CCCS)CCCCCCCC. The number of hydrogen-bond donors (Lipinski definition) is 1. The molecule has 0 spiro atoms. The van der Waals surface area contributed by atoms with Crippen molar-refractivity contribution in [1.82, 2.24) is 0 Å². The Kier molecular flexibility index (Phi) is 18.7. The monoisotopic (exact) mass is 314 g/mol. The molecule has 0 aliphatic rings. The molecule has 0 atom stereocenters. The van der Waals surface area contributed by atoms with E-state index in [1.54, 1.807) is 0 Å². The molecule has 21 heavy (non-hydrogen) atoms. The second-order valence-corrected chi connectivity index (χ2v) is 7.29. The molecule has 0 N–H and O–H groups in total. The Morgan fingerprint density at radius 3 is 1.33 bits per heavy atom. The molecule has 0 aromatic rings. The maximum Gasteiger partial charge on any atom is -0.00978 e. The molecule has 0 saturated carbocycles. The largest absolute Gasteiger partial charge is 0.179 e. The quantitative estimate of drug-likeness (QED) is 0.205. The van der Waals surface area contributed by atoms with Gasteiger partial charge in [-0.2, -0.15) is 12.6 Å². The summed E-state index contributed by atoms with van der Waals surface area (Å²) >= 11 is 4.39. The van der Waals surface area contributed by atoms with Gasteiger partial charge in [0.25, 0.3) is 0 Å². The molecule has 0 aliphatic heterocycles. The van der Waals surface area contributed by atoms with Gasteiger partial charge in [-0.1, -0.05) is 104 Å². The van der Waals surface area contributed by atoms with Gasteiger partial charge in [0.2, 0.25) is 0 Å². The van der Waals surface area contributed by atoms with Gasteiger partial charge in [0.05, 0.1) is 0 Å². The summed E-state index contributed by atoms with van der Waals surface area (Å²) < 4.78 is 0. The van der Waals surface area contributed by atoms with E-state index < -0.39 is 0 Å². The maximum atomic E-state index is 4.39. The minimum atomic E-state index is 0.995. The van der Waals surface area contributed by atoms with Crippen molar-refractivity contribution < 1.29 is 0 Å². The highest BCUT2D eigenvalue weighted by molar-refractivity contribution is 7.80. The van der Waals surface area contributed by atoms with Crippen molar-refractivity contribution in [3.63, 3.8) is 0 Å². The fourth-order valence-electron chi connectivity index (χ4n) is 3.24. The molecule has 0 aromatic heterocycles. The third-order valence-electron chi connectivity index (χ3n) is 4.70. The van der Waals surface area contributed by atoms with Crippen LogP contribution >= 0.6 is 12.6 Å². The predicted octanol–water partition coefficient (Wildman–Crippen LogP) is 7.81. The zero-order valence-electron chi connectivity index (χ0n) is 15.0. The number of unbranched alkanes of at least 4 members (excludes halogenated alkanes) is 10. The van der Waals surface area contributed by atoms with Crippen molar-refractivity contribution in [3.05, 3.63) is 0 Å². The first kappa shape index (κ1) is 21.4. The fourth-order valence-corrected chi connectivity index (χ4v) is 3.42. The number of thiol groups is 1. The van der Waals surface area contributed by atoms with Crippen LogP contribution in [0.5, 0.6) is 0 Å². The van der Waals surface area contributed by atoms with Crippen LogP contribution in [-0.4, -0.2) is 5.75 Å². The lowest BCUT2D eigenvalue weighted by Gasteiger charge is -2.16. The summed E-state index contributed by atoms with van der Waals surface area (Å²) in [4.78, 5) is 0. The molecule has 128 valence electrons. The lowest BCUT2D eigenvalue weighted by molar-refractivity contribution is 0.378. The van der Waals surface area contributed by atoms with Crippen molar-refractivity contribution >= 4 is 12.6 Å². The van der Waals surface area contributed by atoms with Crippen LogP contribution in [0.2, 0.25) is 0 Å². The first-order valence-electron chi connectivity index (χ1n) is 9.96. The van der Waals surface area contributed by atoms with Gasteiger partial charge in [0, 0.05) is 0 Å². The topological polar surface area (TPSA) is 0 Å². The molecule has 0 heterocycles. The number of hydrogen-bond acceptors (Lipinski definition) is 1. The van der Waals surface area contributed by atoms with E-state index in [1.165, 1.54) is 103 Å². The normalized spacial score (nSPS) is 11.4. The Hall–Kier alpha value is 0.350. The van der Waals surface area contributed by atoms with Gasteiger partial charge in [-0.3, -0.25) is 0 Å². The molecule has 0 aromatic carbocycles. The lowest BCUT2D eigenvalue weighted by Crippen LogP contribution is -2.02. The summed E-state index contributed by atoms with van der Waals surface area (Å²) in [6, 6.07) is 0. The van der Waals surface area contributed by atoms with Crippen LogP contribution in [0.3, 0.4) is 0 Å². The molecule has 0 fully saturated rings. The van der Waals surface area contributed by atoms with Crippen LogP contribution in [0.25, 0.3) is 0 Å². The minimum Gasteiger partial charge on any atom is -0.179 e. The molecule has 0 nitrogen and oxygen atoms in total. The first-order valence-corrected chi connectivity index (χ1v) is 10.6. The third kappa shape index (κ3) is 16.5. The van der Waals surface area contributed by atoms with Gasteiger partial charge >= 0.3 is 0 Å². The van der Waals surface area contributed by atoms with Crippen LogP contribution in [0, 0.1) is 5.92 Å². The summed E-state index contributed by atoms with van der Waals surface area (Å²) in [6.45, 7) is 4.60. The van der Waals surface area contributed by atoms with Crippen molar-refractivity contribution in [2.24, 2.45) is 5.92 Å². The highest BCUT2D eigenvalue weighted by atomic mass is 32.1. The molecule has 1 heteroatoms. The van der Waals surface area contributed by atoms with E-state index in [2.05, 4.69) is 26.5 Å². The summed E-state index contributed by atoms with van der Waals surface area (Å²) in [5.41, 5.74) is 0. The van der Waals surface area contributed by atoms with E-state index in [0.717, 1.165) is 11.7 Å². The molecule has 0 amide bonds. The minimum absolute atomic E-state index is 0.995. The molecule has 0 saturated heterocycles. The Morgan fingerprint density at radius 1 is 0.524 bits per heavy atom. The molecular formula is C20H42S. The Labute approximate surface area is 141 Å². The van der Waals surface area contributed by atoms with Crippen LogP contribution in [0.4, 0.5) is 0 Å². The van der Waals surface area contributed by atoms with Gasteiger partial charge < -0.3 is 0 Å². The second kappa shape index (κ2) is 18.4. The van der Waals surface area contributed by atoms with Crippen molar-refractivity contribution in [1.29, 1.82) is 0 Å². The third-order valence-corrected chi connectivity index (χ3v) is 5.02. The average Bonchev–Trinajstić information content (AvgIpc) is 2.50. The van der Waals surface area contributed by atoms with E-state index in [-0.39, 0.29) is 0 Å². The van der Waals surface area contributed by atoms with Crippen molar-refractivity contribution in [3.8, 4) is 0 Å². The van der Waals surface area contributed by atoms with Crippen LogP contribution in [-0.2, 0) is 0 Å². The number of rotatable bonds is 17. The summed E-state index contributed by atoms with van der Waals surface area (Å²) in [5.74, 6) is 2.07. The van der Waals surface area contributed by atoms with Crippen LogP contribution < -0.4 is 0 Å². The highest BCUT2D eigenvalue weighted by Crippen LogP contribution is 2.23. The summed E-state index contributed by atoms with van der Waals surface area (Å²) in [6.07, 6.45) is 23.0. The molecule has 0 radical (unpaired) electrons. The van der Waals surface area contributed by atoms with Gasteiger partial charge in [-0.25, -0.2) is 0 Å². The van der Waals surface area contributed by atoms with E-state index in [9.17, 15) is 0 Å². The predicted molar refractivity (Wildman–Crippen MR) is 103 cm³/mol. The molecule has 0 rings (SSSR count). The Morgan fingerprint density at radius 2 is 0.905 bits per heavy atom. The van der Waals surface area contributed by atoms with Crippen LogP contribution in [0.1, 0.15) is 117 Å². The summed E-state index contributed by atoms with van der Waals surface area (Å²) in [5, 5.41) is 0. The fraction of sp³-hybridized carbons (Fsp3) is 1.00. The molecular weight excluding hydrogens is 272 g/mol. The van der Waals surface area contributed by atoms with Crippen molar-refractivity contribution in [2.75, 3.05) is 5.75 Å². The van der Waals surface area contributed by atoms with E-state index in [1.807, 2.05) is 0 Å².